The van der Waals surface area contributed by atoms with E-state index in [-0.39, 0.29) is 0 Å². The van der Waals surface area contributed by atoms with Crippen LogP contribution in [0.3, 0.4) is 0 Å². The Morgan fingerprint density at radius 3 is 2.85 bits per heavy atom. The molecule has 0 bridgehead atoms. The van der Waals surface area contributed by atoms with Crippen LogP contribution in [0.15, 0.2) is 12.3 Å². The quantitative estimate of drug-likeness (QED) is 0.710. The average molecular weight is 180 g/mol. The standard InChI is InChI=1S/C9H16N4/c1-13(2)6-4-9-11-5-3-8(7-10)12-9/h3,5H,4,6-7,10H2,1-2H3. The van der Waals surface area contributed by atoms with Crippen molar-refractivity contribution in [2.45, 2.75) is 13.0 Å². The van der Waals surface area contributed by atoms with E-state index in [9.17, 15) is 0 Å². The summed E-state index contributed by atoms with van der Waals surface area (Å²) in [6.07, 6.45) is 2.64. The van der Waals surface area contributed by atoms with E-state index >= 15 is 0 Å². The second kappa shape index (κ2) is 4.89. The van der Waals surface area contributed by atoms with Gasteiger partial charge in [-0.3, -0.25) is 0 Å². The molecule has 0 fully saturated rings. The van der Waals surface area contributed by atoms with Gasteiger partial charge in [0, 0.05) is 25.7 Å². The van der Waals surface area contributed by atoms with Gasteiger partial charge in [0.15, 0.2) is 0 Å². The lowest BCUT2D eigenvalue weighted by Crippen LogP contribution is -2.16. The molecule has 2 N–H and O–H groups in total. The molecule has 1 aromatic rings. The highest BCUT2D eigenvalue weighted by Crippen LogP contribution is 1.95. The van der Waals surface area contributed by atoms with Crippen molar-refractivity contribution in [3.8, 4) is 0 Å². The molecule has 0 spiro atoms. The van der Waals surface area contributed by atoms with E-state index in [1.54, 1.807) is 6.20 Å². The van der Waals surface area contributed by atoms with Gasteiger partial charge in [0.05, 0.1) is 5.69 Å². The van der Waals surface area contributed by atoms with Gasteiger partial charge in [0.1, 0.15) is 5.82 Å². The first-order valence-electron chi connectivity index (χ1n) is 4.38. The number of aromatic nitrogens is 2. The highest BCUT2D eigenvalue weighted by atomic mass is 15.1. The summed E-state index contributed by atoms with van der Waals surface area (Å²) in [4.78, 5) is 10.6. The molecule has 0 aliphatic heterocycles. The molecule has 4 nitrogen and oxygen atoms in total. The lowest BCUT2D eigenvalue weighted by molar-refractivity contribution is 0.409. The summed E-state index contributed by atoms with van der Waals surface area (Å²) in [7, 11) is 4.07. The van der Waals surface area contributed by atoms with E-state index in [0.717, 1.165) is 24.5 Å². The van der Waals surface area contributed by atoms with Crippen LogP contribution in [0.4, 0.5) is 0 Å². The molecule has 0 aliphatic rings. The molecule has 0 aliphatic carbocycles. The van der Waals surface area contributed by atoms with E-state index in [1.807, 2.05) is 20.2 Å². The van der Waals surface area contributed by atoms with E-state index in [2.05, 4.69) is 14.9 Å². The second-order valence-electron chi connectivity index (χ2n) is 3.22. The Morgan fingerprint density at radius 1 is 1.46 bits per heavy atom. The Labute approximate surface area is 78.8 Å². The lowest BCUT2D eigenvalue weighted by atomic mass is 10.3. The number of nitrogens with zero attached hydrogens (tertiary/aromatic N) is 3. The normalized spacial score (nSPS) is 10.8. The fraction of sp³-hybridized carbons (Fsp3) is 0.556. The maximum atomic E-state index is 5.47. The first-order chi connectivity index (χ1) is 6.22. The molecule has 0 radical (unpaired) electrons. The molecule has 0 amide bonds. The SMILES string of the molecule is CN(C)CCc1nccc(CN)n1. The topological polar surface area (TPSA) is 55.0 Å². The van der Waals surface area contributed by atoms with Gasteiger partial charge in [-0.15, -0.1) is 0 Å². The average Bonchev–Trinajstić information content (AvgIpc) is 2.15. The Morgan fingerprint density at radius 2 is 2.23 bits per heavy atom. The molecule has 0 atom stereocenters. The fourth-order valence-corrected chi connectivity index (χ4v) is 0.999. The van der Waals surface area contributed by atoms with E-state index in [1.165, 1.54) is 0 Å². The lowest BCUT2D eigenvalue weighted by Gasteiger charge is -2.08. The van der Waals surface area contributed by atoms with Crippen molar-refractivity contribution in [2.24, 2.45) is 5.73 Å². The minimum absolute atomic E-state index is 0.484. The highest BCUT2D eigenvalue weighted by Gasteiger charge is 1.98. The Hall–Kier alpha value is -1.00. The van der Waals surface area contributed by atoms with Crippen LogP contribution in [0.1, 0.15) is 11.5 Å². The zero-order valence-electron chi connectivity index (χ0n) is 8.20. The van der Waals surface area contributed by atoms with Crippen molar-refractivity contribution >= 4 is 0 Å². The van der Waals surface area contributed by atoms with Gasteiger partial charge in [0.25, 0.3) is 0 Å². The molecule has 0 unspecified atom stereocenters. The largest absolute Gasteiger partial charge is 0.325 e. The number of hydrogen-bond donors (Lipinski definition) is 1. The molecule has 4 heteroatoms. The molecule has 0 aromatic carbocycles. The Kier molecular flexibility index (Phi) is 3.79. The summed E-state index contributed by atoms with van der Waals surface area (Å²) in [5.74, 6) is 0.872. The minimum atomic E-state index is 0.484. The van der Waals surface area contributed by atoms with Crippen molar-refractivity contribution in [3.63, 3.8) is 0 Å². The van der Waals surface area contributed by atoms with E-state index in [4.69, 9.17) is 5.73 Å². The molecule has 13 heavy (non-hydrogen) atoms. The maximum Gasteiger partial charge on any atom is 0.129 e. The van der Waals surface area contributed by atoms with Crippen molar-refractivity contribution < 1.29 is 0 Å². The van der Waals surface area contributed by atoms with Crippen molar-refractivity contribution in [3.05, 3.63) is 23.8 Å². The van der Waals surface area contributed by atoms with E-state index < -0.39 is 0 Å². The predicted octanol–water partition coefficient (Wildman–Crippen LogP) is 0.0394. The summed E-state index contributed by atoms with van der Waals surface area (Å²) >= 11 is 0. The molecular formula is C9H16N4. The minimum Gasteiger partial charge on any atom is -0.325 e. The molecule has 1 rings (SSSR count). The van der Waals surface area contributed by atoms with Gasteiger partial charge in [-0.2, -0.15) is 0 Å². The third-order valence-electron chi connectivity index (χ3n) is 1.75. The maximum absolute atomic E-state index is 5.47. The third kappa shape index (κ3) is 3.48. The smallest absolute Gasteiger partial charge is 0.129 e. The van der Waals surface area contributed by atoms with Crippen molar-refractivity contribution in [1.82, 2.24) is 14.9 Å². The fourth-order valence-electron chi connectivity index (χ4n) is 0.999. The molecular weight excluding hydrogens is 164 g/mol. The number of nitrogens with two attached hydrogens (primary N) is 1. The van der Waals surface area contributed by atoms with E-state index in [0.29, 0.717) is 6.54 Å². The molecule has 0 saturated heterocycles. The number of likely N-dealkylation sites (N-methyl/N-ethyl adjacent to an activating group) is 1. The summed E-state index contributed by atoms with van der Waals surface area (Å²) in [6, 6.07) is 1.85. The van der Waals surface area contributed by atoms with Gasteiger partial charge in [-0.25, -0.2) is 9.97 Å². The van der Waals surface area contributed by atoms with Gasteiger partial charge >= 0.3 is 0 Å². The summed E-state index contributed by atoms with van der Waals surface area (Å²) in [5.41, 5.74) is 6.38. The number of rotatable bonds is 4. The summed E-state index contributed by atoms with van der Waals surface area (Å²) in [5, 5.41) is 0. The van der Waals surface area contributed by atoms with Gasteiger partial charge in [0.2, 0.25) is 0 Å². The van der Waals surface area contributed by atoms with Gasteiger partial charge in [-0.05, 0) is 20.2 Å². The van der Waals surface area contributed by atoms with Crippen LogP contribution in [-0.2, 0) is 13.0 Å². The Bertz CT molecular complexity index is 260. The Balaban J connectivity index is 2.56. The zero-order chi connectivity index (χ0) is 9.68. The number of hydrogen-bond acceptors (Lipinski definition) is 4. The first kappa shape index (κ1) is 10.1. The van der Waals surface area contributed by atoms with Crippen molar-refractivity contribution in [1.29, 1.82) is 0 Å². The third-order valence-corrected chi connectivity index (χ3v) is 1.75. The van der Waals surface area contributed by atoms with Crippen LogP contribution in [0.5, 0.6) is 0 Å². The zero-order valence-corrected chi connectivity index (χ0v) is 8.20. The van der Waals surface area contributed by atoms with Crippen LogP contribution in [-0.4, -0.2) is 35.5 Å². The summed E-state index contributed by atoms with van der Waals surface area (Å²) < 4.78 is 0. The second-order valence-corrected chi connectivity index (χ2v) is 3.22. The van der Waals surface area contributed by atoms with Crippen LogP contribution in [0.25, 0.3) is 0 Å². The monoisotopic (exact) mass is 180 g/mol. The predicted molar refractivity (Wildman–Crippen MR) is 52.2 cm³/mol. The highest BCUT2D eigenvalue weighted by molar-refractivity contribution is 5.01. The van der Waals surface area contributed by atoms with Gasteiger partial charge < -0.3 is 10.6 Å². The van der Waals surface area contributed by atoms with Crippen LogP contribution >= 0.6 is 0 Å². The molecule has 0 saturated carbocycles. The van der Waals surface area contributed by atoms with Crippen LogP contribution < -0.4 is 5.73 Å². The van der Waals surface area contributed by atoms with Crippen LogP contribution in [0.2, 0.25) is 0 Å². The van der Waals surface area contributed by atoms with Crippen molar-refractivity contribution in [2.75, 3.05) is 20.6 Å². The first-order valence-corrected chi connectivity index (χ1v) is 4.38. The summed E-state index contributed by atoms with van der Waals surface area (Å²) in [6.45, 7) is 1.45. The van der Waals surface area contributed by atoms with Crippen LogP contribution in [0, 0.1) is 0 Å². The molecule has 72 valence electrons. The molecule has 1 heterocycles. The van der Waals surface area contributed by atoms with Gasteiger partial charge in [-0.1, -0.05) is 0 Å². The molecule has 1 aromatic heterocycles.